The molecule has 0 spiro atoms. The summed E-state index contributed by atoms with van der Waals surface area (Å²) in [5, 5.41) is 5.63. The SMILES string of the molecule is Cc1ccc(-c2nc(NC(=O)CN3CCN4CCCC4C3)cc(-c3nccs3)n2)o1. The number of aromatic nitrogens is 3. The van der Waals surface area contributed by atoms with Crippen molar-refractivity contribution in [2.75, 3.05) is 38.0 Å². The van der Waals surface area contributed by atoms with Crippen LogP contribution < -0.4 is 5.32 Å². The molecule has 0 radical (unpaired) electrons. The van der Waals surface area contributed by atoms with E-state index in [-0.39, 0.29) is 5.91 Å². The number of piperazine rings is 1. The highest BCUT2D eigenvalue weighted by Gasteiger charge is 2.31. The maximum atomic E-state index is 12.8. The zero-order valence-electron chi connectivity index (χ0n) is 16.9. The minimum Gasteiger partial charge on any atom is -0.458 e. The second-order valence-corrected chi connectivity index (χ2v) is 8.72. The zero-order chi connectivity index (χ0) is 20.5. The van der Waals surface area contributed by atoms with Crippen LogP contribution >= 0.6 is 11.3 Å². The first-order chi connectivity index (χ1) is 14.6. The summed E-state index contributed by atoms with van der Waals surface area (Å²) < 4.78 is 5.70. The molecule has 0 bridgehead atoms. The maximum absolute atomic E-state index is 12.8. The van der Waals surface area contributed by atoms with Gasteiger partial charge in [0.15, 0.2) is 11.6 Å². The van der Waals surface area contributed by atoms with Crippen LogP contribution in [0.4, 0.5) is 5.82 Å². The molecule has 9 heteroatoms. The van der Waals surface area contributed by atoms with Crippen molar-refractivity contribution in [1.29, 1.82) is 0 Å². The van der Waals surface area contributed by atoms with Gasteiger partial charge in [0.05, 0.1) is 6.54 Å². The molecular weight excluding hydrogens is 400 g/mol. The fourth-order valence-electron chi connectivity index (χ4n) is 4.22. The molecule has 2 aliphatic rings. The third-order valence-electron chi connectivity index (χ3n) is 5.64. The first kappa shape index (κ1) is 19.3. The maximum Gasteiger partial charge on any atom is 0.239 e. The molecule has 0 aromatic carbocycles. The lowest BCUT2D eigenvalue weighted by Gasteiger charge is -2.37. The van der Waals surface area contributed by atoms with Crippen molar-refractivity contribution in [1.82, 2.24) is 24.8 Å². The number of carbonyl (C=O) groups excluding carboxylic acids is 1. The van der Waals surface area contributed by atoms with Crippen LogP contribution in [0.2, 0.25) is 0 Å². The van der Waals surface area contributed by atoms with Crippen LogP contribution in [0.15, 0.2) is 34.2 Å². The van der Waals surface area contributed by atoms with E-state index < -0.39 is 0 Å². The van der Waals surface area contributed by atoms with Crippen molar-refractivity contribution >= 4 is 23.1 Å². The van der Waals surface area contributed by atoms with E-state index in [2.05, 4.69) is 30.1 Å². The normalized spacial score (nSPS) is 19.7. The standard InChI is InChI=1S/C21H24N6O2S/c1-14-4-5-17(29-14)20-23-16(21-22-6-10-30-21)11-18(25-20)24-19(28)13-26-8-9-27-7-2-3-15(27)12-26/h4-6,10-11,15H,2-3,7-9,12-13H2,1H3,(H,23,24,25,28). The van der Waals surface area contributed by atoms with E-state index in [0.717, 1.165) is 30.4 Å². The summed E-state index contributed by atoms with van der Waals surface area (Å²) in [7, 11) is 0. The molecule has 3 aromatic rings. The molecule has 2 saturated heterocycles. The van der Waals surface area contributed by atoms with Crippen LogP contribution in [0, 0.1) is 6.92 Å². The highest BCUT2D eigenvalue weighted by molar-refractivity contribution is 7.13. The molecule has 3 aromatic heterocycles. The van der Waals surface area contributed by atoms with Crippen molar-refractivity contribution in [3.8, 4) is 22.3 Å². The lowest BCUT2D eigenvalue weighted by molar-refractivity contribution is -0.117. The number of carbonyl (C=O) groups is 1. The molecule has 5 heterocycles. The third-order valence-corrected chi connectivity index (χ3v) is 6.44. The summed E-state index contributed by atoms with van der Waals surface area (Å²) in [5.74, 6) is 2.19. The van der Waals surface area contributed by atoms with Gasteiger partial charge in [0.1, 0.15) is 22.3 Å². The Morgan fingerprint density at radius 3 is 3.03 bits per heavy atom. The van der Waals surface area contributed by atoms with Crippen molar-refractivity contribution in [2.24, 2.45) is 0 Å². The smallest absolute Gasteiger partial charge is 0.239 e. The second-order valence-electron chi connectivity index (χ2n) is 7.82. The Hall–Kier alpha value is -2.62. The number of thiazole rings is 1. The van der Waals surface area contributed by atoms with E-state index in [1.54, 1.807) is 12.3 Å². The number of anilines is 1. The Bertz CT molecular complexity index is 1030. The Morgan fingerprint density at radius 1 is 1.30 bits per heavy atom. The molecule has 30 heavy (non-hydrogen) atoms. The van der Waals surface area contributed by atoms with E-state index in [4.69, 9.17) is 4.42 Å². The quantitative estimate of drug-likeness (QED) is 0.674. The number of amides is 1. The molecule has 1 amide bonds. The Kier molecular flexibility index (Phi) is 5.32. The van der Waals surface area contributed by atoms with E-state index in [1.807, 2.05) is 24.4 Å². The molecule has 5 rings (SSSR count). The summed E-state index contributed by atoms with van der Waals surface area (Å²) in [6.45, 7) is 6.37. The van der Waals surface area contributed by atoms with E-state index >= 15 is 0 Å². The van der Waals surface area contributed by atoms with Gasteiger partial charge in [-0.3, -0.25) is 14.6 Å². The number of aryl methyl sites for hydroxylation is 1. The molecule has 2 fully saturated rings. The molecule has 2 aliphatic heterocycles. The number of hydrogen-bond acceptors (Lipinski definition) is 8. The summed E-state index contributed by atoms with van der Waals surface area (Å²) >= 11 is 1.49. The highest BCUT2D eigenvalue weighted by Crippen LogP contribution is 2.27. The lowest BCUT2D eigenvalue weighted by atomic mass is 10.1. The van der Waals surface area contributed by atoms with Gasteiger partial charge in [-0.15, -0.1) is 11.3 Å². The number of fused-ring (bicyclic) bond motifs is 1. The summed E-state index contributed by atoms with van der Waals surface area (Å²) in [6.07, 6.45) is 4.23. The van der Waals surface area contributed by atoms with Gasteiger partial charge in [0, 0.05) is 43.3 Å². The molecule has 1 unspecified atom stereocenters. The largest absolute Gasteiger partial charge is 0.458 e. The van der Waals surface area contributed by atoms with Gasteiger partial charge in [-0.2, -0.15) is 0 Å². The van der Waals surface area contributed by atoms with Crippen LogP contribution in [-0.2, 0) is 4.79 Å². The van der Waals surface area contributed by atoms with Gasteiger partial charge in [0.2, 0.25) is 5.91 Å². The fraction of sp³-hybridized carbons (Fsp3) is 0.429. The molecule has 0 saturated carbocycles. The number of hydrogen-bond donors (Lipinski definition) is 1. The van der Waals surface area contributed by atoms with Crippen LogP contribution in [0.3, 0.4) is 0 Å². The third kappa shape index (κ3) is 4.14. The second kappa shape index (κ2) is 8.25. The molecule has 156 valence electrons. The van der Waals surface area contributed by atoms with Crippen LogP contribution in [0.25, 0.3) is 22.3 Å². The topological polar surface area (TPSA) is 87.4 Å². The number of furan rings is 1. The number of nitrogens with one attached hydrogen (secondary N) is 1. The average molecular weight is 425 g/mol. The summed E-state index contributed by atoms with van der Waals surface area (Å²) in [4.78, 5) is 31.0. The zero-order valence-corrected chi connectivity index (χ0v) is 17.7. The van der Waals surface area contributed by atoms with Crippen molar-refractivity contribution in [2.45, 2.75) is 25.8 Å². The van der Waals surface area contributed by atoms with E-state index in [1.165, 1.54) is 30.7 Å². The molecular formula is C21H24N6O2S. The predicted molar refractivity (Wildman–Crippen MR) is 115 cm³/mol. The predicted octanol–water partition coefficient (Wildman–Crippen LogP) is 2.89. The minimum absolute atomic E-state index is 0.0631. The van der Waals surface area contributed by atoms with Crippen LogP contribution in [-0.4, -0.2) is 69.4 Å². The van der Waals surface area contributed by atoms with Crippen molar-refractivity contribution in [3.63, 3.8) is 0 Å². The summed E-state index contributed by atoms with van der Waals surface area (Å²) in [5.41, 5.74) is 0.666. The van der Waals surface area contributed by atoms with Crippen molar-refractivity contribution < 1.29 is 9.21 Å². The molecule has 0 aliphatic carbocycles. The van der Waals surface area contributed by atoms with Gasteiger partial charge in [-0.05, 0) is 38.4 Å². The molecule has 8 nitrogen and oxygen atoms in total. The minimum atomic E-state index is -0.0631. The molecule has 1 N–H and O–H groups in total. The van der Waals surface area contributed by atoms with Gasteiger partial charge < -0.3 is 9.73 Å². The van der Waals surface area contributed by atoms with E-state index in [0.29, 0.717) is 35.7 Å². The molecule has 1 atom stereocenters. The summed E-state index contributed by atoms with van der Waals surface area (Å²) in [6, 6.07) is 6.07. The number of nitrogens with zero attached hydrogens (tertiary/aromatic N) is 5. The van der Waals surface area contributed by atoms with Crippen LogP contribution in [0.1, 0.15) is 18.6 Å². The van der Waals surface area contributed by atoms with Gasteiger partial charge in [-0.25, -0.2) is 15.0 Å². The average Bonchev–Trinajstić information content (AvgIpc) is 3.49. The Morgan fingerprint density at radius 2 is 2.23 bits per heavy atom. The first-order valence-corrected chi connectivity index (χ1v) is 11.1. The Labute approximate surface area is 179 Å². The van der Waals surface area contributed by atoms with Crippen LogP contribution in [0.5, 0.6) is 0 Å². The van der Waals surface area contributed by atoms with Gasteiger partial charge >= 0.3 is 0 Å². The Balaban J connectivity index is 1.34. The number of rotatable bonds is 5. The monoisotopic (exact) mass is 424 g/mol. The van der Waals surface area contributed by atoms with Crippen molar-refractivity contribution in [3.05, 3.63) is 35.5 Å². The first-order valence-electron chi connectivity index (χ1n) is 10.3. The van der Waals surface area contributed by atoms with E-state index in [9.17, 15) is 4.79 Å². The fourth-order valence-corrected chi connectivity index (χ4v) is 4.82. The van der Waals surface area contributed by atoms with Gasteiger partial charge in [0.25, 0.3) is 0 Å². The lowest BCUT2D eigenvalue weighted by Crippen LogP contribution is -2.51. The highest BCUT2D eigenvalue weighted by atomic mass is 32.1. The van der Waals surface area contributed by atoms with Gasteiger partial charge in [-0.1, -0.05) is 0 Å².